The second-order valence-electron chi connectivity index (χ2n) is 8.93. The third-order valence-corrected chi connectivity index (χ3v) is 6.19. The standard InChI is InChI=1S/C25H27N6O8/c1-11(32)19-13(20(35)15(26)10-18(33)34)5-4-6-17(19)31-22(37)25(2,30-24(31)38)14-8-7-12(21(36)39-3)9-16(14)29-23(27)28/h5-9,15H,4,10,26H2,1-3H3,(H,30,38)(H,33,34)(H4,27,28,29)/t15-,25+/m0/s1. The van der Waals surface area contributed by atoms with Gasteiger partial charge in [0.1, 0.15) is 5.54 Å². The number of rotatable bonds is 9. The number of allylic oxidation sites excluding steroid dienone is 2. The monoisotopic (exact) mass is 539 g/mol. The number of nitrogens with zero attached hydrogens (tertiary/aromatic N) is 1. The van der Waals surface area contributed by atoms with Crippen molar-refractivity contribution in [3.8, 4) is 0 Å². The van der Waals surface area contributed by atoms with Crippen LogP contribution in [0.3, 0.4) is 0 Å². The molecule has 1 radical (unpaired) electrons. The Hall–Kier alpha value is -4.85. The van der Waals surface area contributed by atoms with E-state index in [1.165, 1.54) is 44.7 Å². The smallest absolute Gasteiger partial charge is 0.337 e. The molecule has 0 spiro atoms. The predicted molar refractivity (Wildman–Crippen MR) is 136 cm³/mol. The fourth-order valence-electron chi connectivity index (χ4n) is 4.42. The lowest BCUT2D eigenvalue weighted by atomic mass is 9.85. The molecular formula is C25H27N6O8. The number of hydrogen-bond donors (Lipinski definition) is 6. The molecule has 1 aromatic rings. The second kappa shape index (κ2) is 10.9. The summed E-state index contributed by atoms with van der Waals surface area (Å²) in [6.45, 7) is 2.52. The number of imide groups is 1. The van der Waals surface area contributed by atoms with Gasteiger partial charge in [0.15, 0.2) is 17.5 Å². The minimum absolute atomic E-state index is 0.0473. The van der Waals surface area contributed by atoms with Crippen LogP contribution in [0, 0.1) is 11.8 Å². The number of ether oxygens (including phenoxy) is 1. The Morgan fingerprint density at radius 1 is 1.28 bits per heavy atom. The lowest BCUT2D eigenvalue weighted by Crippen LogP contribution is -2.42. The zero-order valence-electron chi connectivity index (χ0n) is 21.3. The molecule has 0 saturated carbocycles. The Morgan fingerprint density at radius 3 is 2.51 bits per heavy atom. The first-order valence-electron chi connectivity index (χ1n) is 11.5. The van der Waals surface area contributed by atoms with E-state index < -0.39 is 59.4 Å². The van der Waals surface area contributed by atoms with Crippen molar-refractivity contribution in [1.29, 1.82) is 5.41 Å². The Bertz CT molecular complexity index is 1380. The number of ketones is 2. The summed E-state index contributed by atoms with van der Waals surface area (Å²) >= 11 is 0. The third kappa shape index (κ3) is 5.40. The van der Waals surface area contributed by atoms with Crippen molar-refractivity contribution in [2.75, 3.05) is 12.4 Å². The highest BCUT2D eigenvalue weighted by molar-refractivity contribution is 6.16. The number of carbonyl (C=O) groups excluding carboxylic acids is 5. The molecule has 14 heteroatoms. The Morgan fingerprint density at radius 2 is 1.95 bits per heavy atom. The van der Waals surface area contributed by atoms with Crippen molar-refractivity contribution in [1.82, 2.24) is 10.2 Å². The van der Waals surface area contributed by atoms with Crippen LogP contribution in [0.25, 0.3) is 0 Å². The zero-order chi connectivity index (χ0) is 29.2. The van der Waals surface area contributed by atoms with E-state index in [4.69, 9.17) is 26.7 Å². The largest absolute Gasteiger partial charge is 0.481 e. The Labute approximate surface area is 222 Å². The van der Waals surface area contributed by atoms with Gasteiger partial charge in [0, 0.05) is 22.4 Å². The number of aliphatic carboxylic acids is 1. The summed E-state index contributed by atoms with van der Waals surface area (Å²) in [5, 5.41) is 21.7. The minimum Gasteiger partial charge on any atom is -0.481 e. The number of anilines is 1. The molecule has 1 saturated heterocycles. The maximum absolute atomic E-state index is 13.8. The summed E-state index contributed by atoms with van der Waals surface area (Å²) < 4.78 is 4.71. The lowest BCUT2D eigenvalue weighted by molar-refractivity contribution is -0.138. The molecule has 0 bridgehead atoms. The van der Waals surface area contributed by atoms with Gasteiger partial charge in [0.2, 0.25) is 0 Å². The minimum atomic E-state index is -1.77. The highest BCUT2D eigenvalue weighted by atomic mass is 16.5. The SMILES string of the molecule is COC(=O)c1ccc([C@@]2(C)NC(=O)N(C3=CC[CH]C(C(=O)[C@@H](N)CC(=O)O)=C3C(C)=O)C2=O)c(NC(=N)N)c1. The molecule has 3 rings (SSSR count). The number of carboxylic acid groups (broad SMARTS) is 1. The molecule has 1 aliphatic carbocycles. The number of guanidine groups is 1. The number of carboxylic acids is 1. The van der Waals surface area contributed by atoms with E-state index in [1.54, 1.807) is 0 Å². The van der Waals surface area contributed by atoms with Gasteiger partial charge in [-0.2, -0.15) is 0 Å². The fraction of sp³-hybridized carbons (Fsp3) is 0.280. The number of benzene rings is 1. The zero-order valence-corrected chi connectivity index (χ0v) is 21.3. The summed E-state index contributed by atoms with van der Waals surface area (Å²) in [5.74, 6) is -4.83. The second-order valence-corrected chi connectivity index (χ2v) is 8.93. The molecule has 1 aromatic carbocycles. The van der Waals surface area contributed by atoms with Gasteiger partial charge >= 0.3 is 18.0 Å². The van der Waals surface area contributed by atoms with Crippen molar-refractivity contribution in [2.45, 2.75) is 38.3 Å². The maximum Gasteiger partial charge on any atom is 0.337 e. The number of Topliss-reactive ketones (excluding diaryl/α,β-unsaturated/α-hetero) is 2. The number of hydrogen-bond acceptors (Lipinski definition) is 9. The summed E-state index contributed by atoms with van der Waals surface area (Å²) in [6.07, 6.45) is 2.15. The quantitative estimate of drug-likeness (QED) is 0.108. The first kappa shape index (κ1) is 28.7. The topological polar surface area (TPSA) is 235 Å². The van der Waals surface area contributed by atoms with Crippen LogP contribution in [-0.4, -0.2) is 64.6 Å². The summed E-state index contributed by atoms with van der Waals surface area (Å²) in [4.78, 5) is 76.5. The summed E-state index contributed by atoms with van der Waals surface area (Å²) in [5.41, 5.74) is 9.14. The molecule has 0 aromatic heterocycles. The van der Waals surface area contributed by atoms with Crippen molar-refractivity contribution >= 4 is 47.1 Å². The van der Waals surface area contributed by atoms with Gasteiger partial charge in [-0.1, -0.05) is 12.1 Å². The maximum atomic E-state index is 13.8. The molecule has 0 unspecified atom stereocenters. The Kier molecular flexibility index (Phi) is 8.00. The van der Waals surface area contributed by atoms with Crippen LogP contribution in [0.15, 0.2) is 41.1 Å². The summed E-state index contributed by atoms with van der Waals surface area (Å²) in [7, 11) is 1.18. The third-order valence-electron chi connectivity index (χ3n) is 6.19. The van der Waals surface area contributed by atoms with Crippen LogP contribution in [0.1, 0.15) is 42.6 Å². The highest BCUT2D eigenvalue weighted by Crippen LogP contribution is 2.39. The normalized spacial score (nSPS) is 19.7. The molecule has 8 N–H and O–H groups in total. The molecule has 2 atom stereocenters. The van der Waals surface area contributed by atoms with Crippen LogP contribution in [0.2, 0.25) is 0 Å². The van der Waals surface area contributed by atoms with Gasteiger partial charge in [0.25, 0.3) is 5.91 Å². The van der Waals surface area contributed by atoms with Crippen LogP contribution >= 0.6 is 0 Å². The number of nitrogens with one attached hydrogen (secondary N) is 3. The number of esters is 1. The van der Waals surface area contributed by atoms with Crippen LogP contribution in [0.4, 0.5) is 10.5 Å². The highest BCUT2D eigenvalue weighted by Gasteiger charge is 2.52. The van der Waals surface area contributed by atoms with E-state index >= 15 is 0 Å². The number of nitrogens with two attached hydrogens (primary N) is 2. The van der Waals surface area contributed by atoms with Crippen LogP contribution in [-0.2, 0) is 29.5 Å². The van der Waals surface area contributed by atoms with Crippen LogP contribution in [0.5, 0.6) is 0 Å². The van der Waals surface area contributed by atoms with Gasteiger partial charge in [-0.15, -0.1) is 0 Å². The van der Waals surface area contributed by atoms with Gasteiger partial charge in [-0.05, 0) is 38.8 Å². The number of methoxy groups -OCH3 is 1. The molecule has 2 aliphatic rings. The first-order chi connectivity index (χ1) is 18.2. The van der Waals surface area contributed by atoms with Crippen LogP contribution < -0.4 is 22.1 Å². The number of amides is 3. The Balaban J connectivity index is 2.10. The average Bonchev–Trinajstić information content (AvgIpc) is 3.09. The first-order valence-corrected chi connectivity index (χ1v) is 11.5. The predicted octanol–water partition coefficient (Wildman–Crippen LogP) is 0.294. The molecule has 1 fully saturated rings. The van der Waals surface area contributed by atoms with Crippen molar-refractivity contribution in [2.24, 2.45) is 11.5 Å². The fourth-order valence-corrected chi connectivity index (χ4v) is 4.42. The molecule has 39 heavy (non-hydrogen) atoms. The van der Waals surface area contributed by atoms with E-state index in [0.717, 1.165) is 6.92 Å². The van der Waals surface area contributed by atoms with E-state index in [2.05, 4.69) is 10.6 Å². The van der Waals surface area contributed by atoms with E-state index in [9.17, 15) is 28.8 Å². The van der Waals surface area contributed by atoms with Crippen molar-refractivity contribution < 1.29 is 38.6 Å². The lowest BCUT2D eigenvalue weighted by Gasteiger charge is -2.28. The molecule has 14 nitrogen and oxygen atoms in total. The van der Waals surface area contributed by atoms with Gasteiger partial charge in [-0.3, -0.25) is 24.6 Å². The summed E-state index contributed by atoms with van der Waals surface area (Å²) in [6, 6.07) is 1.66. The molecular weight excluding hydrogens is 512 g/mol. The average molecular weight is 540 g/mol. The van der Waals surface area contributed by atoms with Gasteiger partial charge in [0.05, 0.1) is 30.8 Å². The number of urea groups is 1. The van der Waals surface area contributed by atoms with E-state index in [0.29, 0.717) is 4.90 Å². The molecule has 1 heterocycles. The van der Waals surface area contributed by atoms with Gasteiger partial charge < -0.3 is 31.9 Å². The molecule has 3 amide bonds. The molecule has 1 aliphatic heterocycles. The van der Waals surface area contributed by atoms with Crippen molar-refractivity contribution in [3.63, 3.8) is 0 Å². The van der Waals surface area contributed by atoms with Crippen molar-refractivity contribution in [3.05, 3.63) is 58.7 Å². The van der Waals surface area contributed by atoms with E-state index in [-0.39, 0.29) is 40.1 Å². The molecule has 205 valence electrons. The van der Waals surface area contributed by atoms with Gasteiger partial charge in [-0.25, -0.2) is 14.5 Å². The van der Waals surface area contributed by atoms with E-state index in [1.807, 2.05) is 0 Å². The number of carbonyl (C=O) groups is 6.